The van der Waals surface area contributed by atoms with Crippen LogP contribution in [0.15, 0.2) is 66.9 Å². The number of aromatic nitrogens is 2. The van der Waals surface area contributed by atoms with Gasteiger partial charge in [0, 0.05) is 67.9 Å². The molecule has 0 saturated carbocycles. The van der Waals surface area contributed by atoms with E-state index < -0.39 is 22.9 Å². The summed E-state index contributed by atoms with van der Waals surface area (Å²) in [5.74, 6) is 0.160. The average Bonchev–Trinajstić information content (AvgIpc) is 3.59. The lowest BCUT2D eigenvalue weighted by atomic mass is 9.71. The number of para-hydroxylation sites is 2. The molecule has 16 nitrogen and oxygen atoms in total. The fourth-order valence-corrected chi connectivity index (χ4v) is 9.33. The quantitative estimate of drug-likeness (QED) is 0.133. The Kier molecular flexibility index (Phi) is 12.1. The van der Waals surface area contributed by atoms with Crippen molar-refractivity contribution < 1.29 is 28.1 Å². The van der Waals surface area contributed by atoms with Gasteiger partial charge in [-0.2, -0.15) is 4.98 Å². The first-order valence-corrected chi connectivity index (χ1v) is 22.2. The van der Waals surface area contributed by atoms with Gasteiger partial charge in [-0.3, -0.25) is 33.7 Å². The molecule has 2 unspecified atom stereocenters. The topological polar surface area (TPSA) is 181 Å². The molecular formula is C43H49ClN10O6S. The van der Waals surface area contributed by atoms with Crippen molar-refractivity contribution in [1.82, 2.24) is 25.1 Å². The smallest absolute Gasteiger partial charge is 0.255 e. The summed E-state index contributed by atoms with van der Waals surface area (Å²) in [4.78, 5) is 65.9. The van der Waals surface area contributed by atoms with Gasteiger partial charge in [-0.05, 0) is 87.0 Å². The van der Waals surface area contributed by atoms with Crippen LogP contribution in [0.3, 0.4) is 0 Å². The summed E-state index contributed by atoms with van der Waals surface area (Å²) in [5.41, 5.74) is 5.14. The van der Waals surface area contributed by atoms with Gasteiger partial charge in [0.15, 0.2) is 5.82 Å². The van der Waals surface area contributed by atoms with Crippen LogP contribution in [0.2, 0.25) is 5.02 Å². The van der Waals surface area contributed by atoms with Crippen LogP contribution < -0.4 is 35.2 Å². The van der Waals surface area contributed by atoms with E-state index in [1.165, 1.54) is 11.1 Å². The SMILES string of the molecule is COc1cc(N2CCC3(CCN(CC(=O)Nc4cccc5c4CN(C4CCC(=O)NC4=O)C5=O)CC3)CC2)ccc1Nc1ncc(Cl)c(Nc2ccccc2N(C)S(C)=O)n1. The summed E-state index contributed by atoms with van der Waals surface area (Å²) in [7, 11) is 2.16. The number of hydrogen-bond donors (Lipinski definition) is 4. The van der Waals surface area contributed by atoms with Crippen LogP contribution in [0, 0.1) is 5.41 Å². The maximum atomic E-state index is 13.3. The third-order valence-corrected chi connectivity index (χ3v) is 13.6. The summed E-state index contributed by atoms with van der Waals surface area (Å²) in [6.07, 6.45) is 7.71. The van der Waals surface area contributed by atoms with Crippen molar-refractivity contribution in [2.24, 2.45) is 5.41 Å². The number of anilines is 7. The first-order valence-electron chi connectivity index (χ1n) is 20.3. The van der Waals surface area contributed by atoms with Gasteiger partial charge in [0.2, 0.25) is 23.7 Å². The van der Waals surface area contributed by atoms with Crippen LogP contribution in [0.4, 0.5) is 40.2 Å². The van der Waals surface area contributed by atoms with E-state index in [1.54, 1.807) is 42.9 Å². The Bertz CT molecular complexity index is 2380. The van der Waals surface area contributed by atoms with E-state index in [0.717, 1.165) is 63.2 Å². The summed E-state index contributed by atoms with van der Waals surface area (Å²) in [6.45, 7) is 3.91. The molecule has 0 radical (unpaired) electrons. The molecule has 0 bridgehead atoms. The van der Waals surface area contributed by atoms with E-state index >= 15 is 0 Å². The zero-order valence-corrected chi connectivity index (χ0v) is 35.9. The monoisotopic (exact) mass is 868 g/mol. The Morgan fingerprint density at radius 3 is 2.46 bits per heavy atom. The zero-order valence-electron chi connectivity index (χ0n) is 34.3. The van der Waals surface area contributed by atoms with Crippen molar-refractivity contribution >= 4 is 86.4 Å². The normalized spacial score (nSPS) is 19.3. The van der Waals surface area contributed by atoms with Gasteiger partial charge in [0.05, 0.1) is 36.9 Å². The lowest BCUT2D eigenvalue weighted by Gasteiger charge is -2.47. The molecule has 4 aromatic rings. The molecular weight excluding hydrogens is 820 g/mol. The van der Waals surface area contributed by atoms with Crippen molar-refractivity contribution in [2.75, 3.05) is 78.3 Å². The minimum Gasteiger partial charge on any atom is -0.494 e. The lowest BCUT2D eigenvalue weighted by molar-refractivity contribution is -0.137. The summed E-state index contributed by atoms with van der Waals surface area (Å²) in [5, 5.41) is 12.2. The molecule has 4 amide bonds. The summed E-state index contributed by atoms with van der Waals surface area (Å²) in [6, 6.07) is 18.1. The van der Waals surface area contributed by atoms with Crippen molar-refractivity contribution in [3.63, 3.8) is 0 Å². The molecule has 3 fully saturated rings. The molecule has 18 heteroatoms. The Morgan fingerprint density at radius 2 is 1.72 bits per heavy atom. The first kappa shape index (κ1) is 41.9. The molecule has 2 atom stereocenters. The maximum absolute atomic E-state index is 13.3. The molecule has 3 saturated heterocycles. The van der Waals surface area contributed by atoms with E-state index in [2.05, 4.69) is 47.1 Å². The third kappa shape index (κ3) is 8.99. The standard InChI is InChI=1S/C43H49ClN10O6S/c1-51(61(3)59)34-10-5-4-8-32(34)47-39-30(44)24-45-42(50-39)48-33-12-11-27(23-36(33)60-2)53-21-17-43(18-22-53)15-19-52(20-16-43)26-38(56)46-31-9-6-7-28-29(31)25-54(41(28)58)35-13-14-37(55)49-40(35)57/h4-12,23-24,35H,13-22,25-26H2,1-3H3,(H,46,56)(H,49,55,57)(H2,45,47,48,50). The number of fused-ring (bicyclic) bond motifs is 1. The number of piperidine rings is 3. The van der Waals surface area contributed by atoms with Crippen LogP contribution in [-0.2, 0) is 31.9 Å². The molecule has 4 aliphatic rings. The maximum Gasteiger partial charge on any atom is 0.255 e. The first-order chi connectivity index (χ1) is 29.4. The van der Waals surface area contributed by atoms with Gasteiger partial charge in [-0.25, -0.2) is 9.19 Å². The molecule has 1 aromatic heterocycles. The van der Waals surface area contributed by atoms with Crippen LogP contribution in [0.5, 0.6) is 5.75 Å². The van der Waals surface area contributed by atoms with Crippen LogP contribution in [0.25, 0.3) is 0 Å². The summed E-state index contributed by atoms with van der Waals surface area (Å²) < 4.78 is 19.7. The molecule has 320 valence electrons. The number of imide groups is 1. The lowest BCUT2D eigenvalue weighted by Crippen LogP contribution is -2.52. The predicted octanol–water partition coefficient (Wildman–Crippen LogP) is 5.44. The highest BCUT2D eigenvalue weighted by Crippen LogP contribution is 2.43. The Hall–Kier alpha value is -5.78. The minimum atomic E-state index is -1.23. The number of ether oxygens (including phenoxy) is 1. The second kappa shape index (κ2) is 17.7. The molecule has 3 aromatic carbocycles. The molecule has 4 aliphatic heterocycles. The number of rotatable bonds is 12. The second-order valence-electron chi connectivity index (χ2n) is 16.0. The number of halogens is 1. The van der Waals surface area contributed by atoms with Gasteiger partial charge >= 0.3 is 0 Å². The van der Waals surface area contributed by atoms with Crippen molar-refractivity contribution in [2.45, 2.75) is 51.1 Å². The van der Waals surface area contributed by atoms with E-state index in [9.17, 15) is 23.4 Å². The highest BCUT2D eigenvalue weighted by molar-refractivity contribution is 7.85. The highest BCUT2D eigenvalue weighted by atomic mass is 35.5. The van der Waals surface area contributed by atoms with E-state index in [4.69, 9.17) is 16.3 Å². The van der Waals surface area contributed by atoms with Crippen LogP contribution in [0.1, 0.15) is 54.4 Å². The fourth-order valence-electron chi connectivity index (χ4n) is 8.76. The van der Waals surface area contributed by atoms with Crippen molar-refractivity contribution in [3.8, 4) is 5.75 Å². The second-order valence-corrected chi connectivity index (χ2v) is 17.8. The van der Waals surface area contributed by atoms with Crippen LogP contribution >= 0.6 is 11.6 Å². The van der Waals surface area contributed by atoms with E-state index in [-0.39, 0.29) is 49.1 Å². The van der Waals surface area contributed by atoms with Gasteiger partial charge < -0.3 is 30.5 Å². The van der Waals surface area contributed by atoms with E-state index in [0.29, 0.717) is 50.7 Å². The van der Waals surface area contributed by atoms with Gasteiger partial charge in [0.25, 0.3) is 5.91 Å². The number of methoxy groups -OCH3 is 1. The number of nitrogens with zero attached hydrogens (tertiary/aromatic N) is 6. The fraction of sp³-hybridized carbons (Fsp3) is 0.395. The molecule has 1 spiro atoms. The molecule has 61 heavy (non-hydrogen) atoms. The summed E-state index contributed by atoms with van der Waals surface area (Å²) >= 11 is 6.50. The molecule has 0 aliphatic carbocycles. The van der Waals surface area contributed by atoms with Gasteiger partial charge in [-0.1, -0.05) is 29.8 Å². The van der Waals surface area contributed by atoms with E-state index in [1.807, 2.05) is 36.4 Å². The van der Waals surface area contributed by atoms with Gasteiger partial charge in [-0.15, -0.1) is 0 Å². The Labute approximate surface area is 361 Å². The number of likely N-dealkylation sites (tertiary alicyclic amines) is 1. The Morgan fingerprint density at radius 1 is 0.984 bits per heavy atom. The largest absolute Gasteiger partial charge is 0.494 e. The number of carbonyl (C=O) groups excluding carboxylic acids is 4. The number of nitrogens with one attached hydrogen (secondary N) is 4. The highest BCUT2D eigenvalue weighted by Gasteiger charge is 2.41. The number of amides is 4. The van der Waals surface area contributed by atoms with Crippen molar-refractivity contribution in [1.29, 1.82) is 0 Å². The predicted molar refractivity (Wildman–Crippen MR) is 236 cm³/mol. The Balaban J connectivity index is 0.834. The van der Waals surface area contributed by atoms with Crippen LogP contribution in [-0.4, -0.2) is 107 Å². The average molecular weight is 869 g/mol. The number of carbonyl (C=O) groups is 4. The minimum absolute atomic E-state index is 0.140. The molecule has 4 N–H and O–H groups in total. The number of hydrogen-bond acceptors (Lipinski definition) is 12. The molecule has 8 rings (SSSR count). The zero-order chi connectivity index (χ0) is 42.8. The number of benzene rings is 3. The van der Waals surface area contributed by atoms with Crippen molar-refractivity contribution in [3.05, 3.63) is 83.0 Å². The van der Waals surface area contributed by atoms with Gasteiger partial charge in [0.1, 0.15) is 27.8 Å². The third-order valence-electron chi connectivity index (χ3n) is 12.4. The molecule has 5 heterocycles.